The molecule has 2 aromatic heterocycles. The van der Waals surface area contributed by atoms with Crippen LogP contribution in [0.2, 0.25) is 0 Å². The summed E-state index contributed by atoms with van der Waals surface area (Å²) in [7, 11) is 0. The molecule has 1 aliphatic carbocycles. The number of thiazole rings is 1. The number of ether oxygens (including phenoxy) is 1. The van der Waals surface area contributed by atoms with Gasteiger partial charge in [0.05, 0.1) is 0 Å². The van der Waals surface area contributed by atoms with Gasteiger partial charge < -0.3 is 15.0 Å². The van der Waals surface area contributed by atoms with Crippen molar-refractivity contribution in [2.75, 3.05) is 11.4 Å². The highest BCUT2D eigenvalue weighted by Gasteiger charge is 2.33. The van der Waals surface area contributed by atoms with Crippen LogP contribution in [-0.2, 0) is 11.3 Å². The average molecular weight is 410 g/mol. The normalized spacial score (nSPS) is 19.3. The van der Waals surface area contributed by atoms with Crippen molar-refractivity contribution < 1.29 is 9.53 Å². The van der Waals surface area contributed by atoms with Crippen LogP contribution in [-0.4, -0.2) is 39.5 Å². The van der Waals surface area contributed by atoms with Gasteiger partial charge in [-0.3, -0.25) is 4.79 Å². The summed E-state index contributed by atoms with van der Waals surface area (Å²) in [6.45, 7) is 1.35. The van der Waals surface area contributed by atoms with E-state index in [0.717, 1.165) is 47.6 Å². The molecule has 1 aliphatic heterocycles. The van der Waals surface area contributed by atoms with Gasteiger partial charge in [-0.05, 0) is 37.7 Å². The van der Waals surface area contributed by atoms with E-state index in [1.54, 1.807) is 0 Å². The Balaban J connectivity index is 1.33. The molecule has 29 heavy (non-hydrogen) atoms. The van der Waals surface area contributed by atoms with Gasteiger partial charge in [-0.15, -0.1) is 0 Å². The lowest BCUT2D eigenvalue weighted by atomic mass is 9.96. The molecule has 3 aromatic rings. The Morgan fingerprint density at radius 2 is 2.03 bits per heavy atom. The SMILES string of the molecule is O=C(NCc1ccccc1)C1CCCN1c1nc2ncnc(OC3CCC3)c2s1. The summed E-state index contributed by atoms with van der Waals surface area (Å²) in [5.74, 6) is 0.662. The third-order valence-electron chi connectivity index (χ3n) is 5.59. The van der Waals surface area contributed by atoms with Crippen molar-refractivity contribution in [3.8, 4) is 5.88 Å². The Morgan fingerprint density at radius 1 is 1.17 bits per heavy atom. The lowest BCUT2D eigenvalue weighted by molar-refractivity contribution is -0.122. The van der Waals surface area contributed by atoms with Gasteiger partial charge in [0, 0.05) is 13.1 Å². The van der Waals surface area contributed by atoms with Crippen LogP contribution in [0.1, 0.15) is 37.7 Å². The smallest absolute Gasteiger partial charge is 0.243 e. The van der Waals surface area contributed by atoms with Crippen molar-refractivity contribution in [1.82, 2.24) is 20.3 Å². The van der Waals surface area contributed by atoms with E-state index in [2.05, 4.69) is 20.2 Å². The molecule has 3 heterocycles. The minimum atomic E-state index is -0.205. The molecule has 1 unspecified atom stereocenters. The van der Waals surface area contributed by atoms with Crippen LogP contribution in [0.4, 0.5) is 5.13 Å². The number of amides is 1. The van der Waals surface area contributed by atoms with Gasteiger partial charge in [-0.2, -0.15) is 4.98 Å². The number of fused-ring (bicyclic) bond motifs is 1. The van der Waals surface area contributed by atoms with E-state index in [9.17, 15) is 4.79 Å². The lowest BCUT2D eigenvalue weighted by Crippen LogP contribution is -2.43. The van der Waals surface area contributed by atoms with E-state index in [4.69, 9.17) is 9.72 Å². The van der Waals surface area contributed by atoms with E-state index in [1.807, 2.05) is 30.3 Å². The highest BCUT2D eigenvalue weighted by molar-refractivity contribution is 7.22. The first-order valence-electron chi connectivity index (χ1n) is 10.1. The monoisotopic (exact) mass is 409 g/mol. The van der Waals surface area contributed by atoms with Gasteiger partial charge in [-0.1, -0.05) is 41.7 Å². The van der Waals surface area contributed by atoms with Crippen molar-refractivity contribution in [3.05, 3.63) is 42.2 Å². The molecule has 1 atom stereocenters. The third kappa shape index (κ3) is 3.76. The molecule has 5 rings (SSSR count). The second-order valence-electron chi connectivity index (χ2n) is 7.55. The van der Waals surface area contributed by atoms with Gasteiger partial charge in [0.15, 0.2) is 10.8 Å². The summed E-state index contributed by atoms with van der Waals surface area (Å²) in [5.41, 5.74) is 1.74. The van der Waals surface area contributed by atoms with Gasteiger partial charge in [0.2, 0.25) is 11.8 Å². The van der Waals surface area contributed by atoms with Crippen LogP contribution in [0.25, 0.3) is 10.3 Å². The predicted molar refractivity (Wildman–Crippen MR) is 112 cm³/mol. The maximum atomic E-state index is 12.8. The Morgan fingerprint density at radius 3 is 2.83 bits per heavy atom. The number of nitrogens with zero attached hydrogens (tertiary/aromatic N) is 4. The molecule has 150 valence electrons. The van der Waals surface area contributed by atoms with E-state index >= 15 is 0 Å². The quantitative estimate of drug-likeness (QED) is 0.673. The molecule has 8 heteroatoms. The molecular weight excluding hydrogens is 386 g/mol. The summed E-state index contributed by atoms with van der Waals surface area (Å²) >= 11 is 1.52. The molecular formula is C21H23N5O2S. The zero-order chi connectivity index (χ0) is 19.6. The van der Waals surface area contributed by atoms with Gasteiger partial charge in [0.25, 0.3) is 0 Å². The first kappa shape index (κ1) is 18.3. The second kappa shape index (κ2) is 7.94. The number of hydrogen-bond acceptors (Lipinski definition) is 7. The van der Waals surface area contributed by atoms with Gasteiger partial charge in [0.1, 0.15) is 23.2 Å². The van der Waals surface area contributed by atoms with Crippen molar-refractivity contribution in [2.45, 2.75) is 50.8 Å². The van der Waals surface area contributed by atoms with Crippen LogP contribution in [0.3, 0.4) is 0 Å². The summed E-state index contributed by atoms with van der Waals surface area (Å²) in [6, 6.07) is 9.76. The van der Waals surface area contributed by atoms with E-state index in [-0.39, 0.29) is 18.1 Å². The Hall–Kier alpha value is -2.74. The Kier molecular flexibility index (Phi) is 5.01. The van der Waals surface area contributed by atoms with E-state index in [0.29, 0.717) is 18.1 Å². The van der Waals surface area contributed by atoms with Crippen LogP contribution < -0.4 is 15.0 Å². The Labute approximate surface area is 173 Å². The number of rotatable bonds is 6. The molecule has 0 bridgehead atoms. The third-order valence-corrected chi connectivity index (χ3v) is 6.66. The standard InChI is InChI=1S/C21H23N5O2S/c27-19(22-12-14-6-2-1-3-7-14)16-10-5-11-26(16)21-25-18-17(29-21)20(24-13-23-18)28-15-8-4-9-15/h1-3,6-7,13,15-16H,4-5,8-12H2,(H,22,27). The van der Waals surface area contributed by atoms with Gasteiger partial charge >= 0.3 is 0 Å². The van der Waals surface area contributed by atoms with Crippen LogP contribution in [0.15, 0.2) is 36.7 Å². The number of anilines is 1. The zero-order valence-corrected chi connectivity index (χ0v) is 16.9. The minimum Gasteiger partial charge on any atom is -0.473 e. The maximum absolute atomic E-state index is 12.8. The van der Waals surface area contributed by atoms with Crippen molar-refractivity contribution in [1.29, 1.82) is 0 Å². The van der Waals surface area contributed by atoms with E-state index < -0.39 is 0 Å². The average Bonchev–Trinajstić information content (AvgIpc) is 3.36. The van der Waals surface area contributed by atoms with Crippen molar-refractivity contribution >= 4 is 32.7 Å². The van der Waals surface area contributed by atoms with Crippen LogP contribution in [0.5, 0.6) is 5.88 Å². The number of nitrogens with one attached hydrogen (secondary N) is 1. The van der Waals surface area contributed by atoms with Gasteiger partial charge in [-0.25, -0.2) is 9.97 Å². The van der Waals surface area contributed by atoms with Crippen LogP contribution in [0, 0.1) is 0 Å². The first-order chi connectivity index (χ1) is 14.3. The number of carbonyl (C=O) groups is 1. The Bertz CT molecular complexity index is 1000. The number of carbonyl (C=O) groups excluding carboxylic acids is 1. The molecule has 1 saturated heterocycles. The van der Waals surface area contributed by atoms with E-state index in [1.165, 1.54) is 24.1 Å². The predicted octanol–water partition coefficient (Wildman–Crippen LogP) is 3.30. The fourth-order valence-corrected chi connectivity index (χ4v) is 4.78. The fourth-order valence-electron chi connectivity index (χ4n) is 3.75. The molecule has 7 nitrogen and oxygen atoms in total. The summed E-state index contributed by atoms with van der Waals surface area (Å²) < 4.78 is 6.89. The second-order valence-corrected chi connectivity index (χ2v) is 8.53. The molecule has 1 aromatic carbocycles. The largest absolute Gasteiger partial charge is 0.473 e. The molecule has 0 radical (unpaired) electrons. The first-order valence-corrected chi connectivity index (χ1v) is 11.0. The number of benzene rings is 1. The zero-order valence-electron chi connectivity index (χ0n) is 16.1. The minimum absolute atomic E-state index is 0.0441. The van der Waals surface area contributed by atoms with Crippen molar-refractivity contribution in [3.63, 3.8) is 0 Å². The van der Waals surface area contributed by atoms with Crippen molar-refractivity contribution in [2.24, 2.45) is 0 Å². The molecule has 1 N–H and O–H groups in total. The lowest BCUT2D eigenvalue weighted by Gasteiger charge is -2.25. The fraction of sp³-hybridized carbons (Fsp3) is 0.429. The number of aromatic nitrogens is 3. The molecule has 0 spiro atoms. The topological polar surface area (TPSA) is 80.2 Å². The molecule has 1 saturated carbocycles. The maximum Gasteiger partial charge on any atom is 0.243 e. The highest BCUT2D eigenvalue weighted by atomic mass is 32.1. The molecule has 2 fully saturated rings. The molecule has 2 aliphatic rings. The summed E-state index contributed by atoms with van der Waals surface area (Å²) in [4.78, 5) is 28.3. The summed E-state index contributed by atoms with van der Waals surface area (Å²) in [5, 5.41) is 3.89. The summed E-state index contributed by atoms with van der Waals surface area (Å²) in [6.07, 6.45) is 6.92. The van der Waals surface area contributed by atoms with Crippen LogP contribution >= 0.6 is 11.3 Å². The highest BCUT2D eigenvalue weighted by Crippen LogP contribution is 2.37. The number of hydrogen-bond donors (Lipinski definition) is 1. The molecule has 1 amide bonds.